The number of alkyl halides is 3. The number of likely N-dealkylation sites (tertiary alicyclic amines) is 1. The van der Waals surface area contributed by atoms with Crippen molar-refractivity contribution >= 4 is 41.0 Å². The van der Waals surface area contributed by atoms with E-state index in [2.05, 4.69) is 25.6 Å². The van der Waals surface area contributed by atoms with Gasteiger partial charge in [0.25, 0.3) is 5.91 Å². The molecule has 3 N–H and O–H groups in total. The summed E-state index contributed by atoms with van der Waals surface area (Å²) >= 11 is 1.09. The number of aliphatic carboxylic acids is 1. The van der Waals surface area contributed by atoms with Gasteiger partial charge < -0.3 is 25.4 Å². The summed E-state index contributed by atoms with van der Waals surface area (Å²) in [5, 5.41) is 17.2. The number of carboxylic acids is 1. The van der Waals surface area contributed by atoms with Crippen molar-refractivity contribution in [2.45, 2.75) is 128 Å². The summed E-state index contributed by atoms with van der Waals surface area (Å²) < 4.78 is 44.6. The smallest absolute Gasteiger partial charge is 0.419 e. The normalized spacial score (nSPS) is 19.0. The van der Waals surface area contributed by atoms with Crippen molar-refractivity contribution in [2.75, 3.05) is 20.6 Å². The highest BCUT2D eigenvalue weighted by Gasteiger charge is 2.38. The zero-order chi connectivity index (χ0) is 41.3. The molecule has 0 radical (unpaired) electrons. The van der Waals surface area contributed by atoms with E-state index in [9.17, 15) is 42.3 Å². The molecule has 2 aliphatic rings. The number of halogens is 3. The van der Waals surface area contributed by atoms with Gasteiger partial charge in [0, 0.05) is 56.7 Å². The van der Waals surface area contributed by atoms with E-state index in [1.807, 2.05) is 25.8 Å². The third kappa shape index (κ3) is 12.9. The number of aromatic nitrogens is 3. The largest absolute Gasteiger partial charge is 0.481 e. The van der Waals surface area contributed by atoms with Crippen LogP contribution < -0.4 is 10.6 Å². The van der Waals surface area contributed by atoms with E-state index in [0.29, 0.717) is 29.7 Å². The molecule has 3 amide bonds. The molecule has 1 aliphatic carbocycles. The maximum Gasteiger partial charge on any atom is 0.419 e. The van der Waals surface area contributed by atoms with Crippen molar-refractivity contribution in [3.8, 4) is 0 Å². The van der Waals surface area contributed by atoms with Crippen molar-refractivity contribution < 1.29 is 47.0 Å². The number of hydrogen-bond donors (Lipinski definition) is 3. The number of hydrogen-bond acceptors (Lipinski definition) is 11. The van der Waals surface area contributed by atoms with E-state index in [1.165, 1.54) is 19.2 Å². The number of likely N-dealkylation sites (N-methyl/N-ethyl adjacent to an activating group) is 2. The number of thiazole rings is 1. The van der Waals surface area contributed by atoms with Crippen molar-refractivity contribution in [1.29, 1.82) is 0 Å². The lowest BCUT2D eigenvalue weighted by Gasteiger charge is -2.37. The third-order valence-corrected chi connectivity index (χ3v) is 11.4. The first-order chi connectivity index (χ1) is 26.3. The Morgan fingerprint density at radius 3 is 2.30 bits per heavy atom. The van der Waals surface area contributed by atoms with Gasteiger partial charge in [0.05, 0.1) is 17.5 Å². The van der Waals surface area contributed by atoms with Gasteiger partial charge in [0.2, 0.25) is 11.8 Å². The molecule has 56 heavy (non-hydrogen) atoms. The lowest BCUT2D eigenvalue weighted by atomic mass is 9.95. The topological polar surface area (TPSA) is 184 Å². The number of esters is 1. The molecule has 0 unspecified atom stereocenters. The van der Waals surface area contributed by atoms with Crippen LogP contribution in [0.4, 0.5) is 13.2 Å². The quantitative estimate of drug-likeness (QED) is 0.162. The molecule has 310 valence electrons. The van der Waals surface area contributed by atoms with Crippen molar-refractivity contribution in [3.05, 3.63) is 39.9 Å². The Hall–Kier alpha value is -4.19. The highest BCUT2D eigenvalue weighted by molar-refractivity contribution is 7.09. The van der Waals surface area contributed by atoms with Crippen LogP contribution in [0.1, 0.15) is 118 Å². The maximum absolute atomic E-state index is 14.1. The van der Waals surface area contributed by atoms with Crippen LogP contribution in [0.25, 0.3) is 0 Å². The molecule has 0 spiro atoms. The van der Waals surface area contributed by atoms with E-state index >= 15 is 0 Å². The van der Waals surface area contributed by atoms with Gasteiger partial charge in [-0.3, -0.25) is 28.9 Å². The Morgan fingerprint density at radius 2 is 1.73 bits per heavy atom. The lowest BCUT2D eigenvalue weighted by Crippen LogP contribution is -2.56. The minimum atomic E-state index is -4.60. The molecule has 0 aromatic carbocycles. The molecule has 2 fully saturated rings. The first kappa shape index (κ1) is 44.5. The highest BCUT2D eigenvalue weighted by Crippen LogP contribution is 2.35. The molecule has 4 rings (SSSR count). The number of carboxylic acid groups (broad SMARTS) is 1. The molecule has 18 heteroatoms. The summed E-state index contributed by atoms with van der Waals surface area (Å²) in [6, 6.07) is -2.17. The Bertz CT molecular complexity index is 1670. The zero-order valence-electron chi connectivity index (χ0n) is 32.8. The second-order valence-electron chi connectivity index (χ2n) is 15.5. The van der Waals surface area contributed by atoms with Crippen molar-refractivity contribution in [3.63, 3.8) is 0 Å². The van der Waals surface area contributed by atoms with Gasteiger partial charge in [-0.05, 0) is 57.5 Å². The molecular formula is C38H54F3N7O7S. The van der Waals surface area contributed by atoms with Gasteiger partial charge >= 0.3 is 18.1 Å². The fourth-order valence-corrected chi connectivity index (χ4v) is 7.84. The summed E-state index contributed by atoms with van der Waals surface area (Å²) in [6.45, 7) is 7.44. The van der Waals surface area contributed by atoms with Gasteiger partial charge in [-0.25, -0.2) is 15.0 Å². The van der Waals surface area contributed by atoms with Crippen LogP contribution in [0, 0.1) is 17.8 Å². The van der Waals surface area contributed by atoms with Gasteiger partial charge in [0.1, 0.15) is 22.6 Å². The van der Waals surface area contributed by atoms with Gasteiger partial charge in [-0.15, -0.1) is 11.3 Å². The van der Waals surface area contributed by atoms with E-state index in [4.69, 9.17) is 4.74 Å². The summed E-state index contributed by atoms with van der Waals surface area (Å²) in [5.41, 5.74) is -1.01. The predicted molar refractivity (Wildman–Crippen MR) is 200 cm³/mol. The van der Waals surface area contributed by atoms with Crippen molar-refractivity contribution in [1.82, 2.24) is 35.4 Å². The fourth-order valence-electron chi connectivity index (χ4n) is 7.00. The molecular weight excluding hydrogens is 756 g/mol. The van der Waals surface area contributed by atoms with Crippen LogP contribution in [0.3, 0.4) is 0 Å². The Labute approximate surface area is 329 Å². The molecule has 1 saturated carbocycles. The summed E-state index contributed by atoms with van der Waals surface area (Å²) in [6.07, 6.45) is 1.45. The maximum atomic E-state index is 14.1. The molecule has 1 saturated heterocycles. The van der Waals surface area contributed by atoms with Crippen LogP contribution in [-0.2, 0) is 36.5 Å². The monoisotopic (exact) mass is 809 g/mol. The minimum Gasteiger partial charge on any atom is -0.481 e. The molecule has 3 heterocycles. The standard InChI is InChI=1S/C38H54F3N7O7S/c1-21(2)30(48(6)36(52)27(16-24-10-11-24)45-34(51)29-9-7-8-14-47(29)5)17-31(55-23(4)49)35-46-28(20-56-35)33(50)44-26(15-22(3)37(53)54)12-13-32-42-18-25(19-43-32)38(39,40)41/h18-22,24,26-27,29-31H,7-17H2,1-6H3,(H,44,50)(H,45,51)(H,53,54)/t22-,26-,27-,29+,30+,31+/m0/s1. The first-order valence-electron chi connectivity index (χ1n) is 19.2. The Morgan fingerprint density at radius 1 is 1.05 bits per heavy atom. The van der Waals surface area contributed by atoms with Crippen LogP contribution in [0.2, 0.25) is 0 Å². The van der Waals surface area contributed by atoms with E-state index in [1.54, 1.807) is 11.9 Å². The summed E-state index contributed by atoms with van der Waals surface area (Å²) in [5.74, 6) is -3.18. The second kappa shape index (κ2) is 19.8. The average Bonchev–Trinajstić information content (AvgIpc) is 3.81. The fraction of sp³-hybridized carbons (Fsp3) is 0.684. The number of carbonyl (C=O) groups excluding carboxylic acids is 4. The SMILES string of the molecule is CC(=O)O[C@H](C[C@H](C(C)C)N(C)C(=O)[C@H](CC1CC1)NC(=O)[C@H]1CCCCN1C)c1nc(C(=O)N[C@@H](CCc2ncc(C(F)(F)F)cn2)C[C@H](C)C(=O)O)cs1. The highest BCUT2D eigenvalue weighted by atomic mass is 32.1. The van der Waals surface area contributed by atoms with E-state index in [0.717, 1.165) is 50.0 Å². The molecule has 1 aliphatic heterocycles. The zero-order valence-corrected chi connectivity index (χ0v) is 33.6. The van der Waals surface area contributed by atoms with Gasteiger partial charge in [0.15, 0.2) is 6.10 Å². The number of rotatable bonds is 19. The molecule has 2 aromatic rings. The number of nitrogens with one attached hydrogen (secondary N) is 2. The van der Waals surface area contributed by atoms with Crippen LogP contribution in [0.5, 0.6) is 0 Å². The van der Waals surface area contributed by atoms with E-state index < -0.39 is 59.7 Å². The van der Waals surface area contributed by atoms with Crippen LogP contribution >= 0.6 is 11.3 Å². The minimum absolute atomic E-state index is 0.00803. The molecule has 14 nitrogen and oxygen atoms in total. The number of piperidine rings is 1. The number of ether oxygens (including phenoxy) is 1. The predicted octanol–water partition coefficient (Wildman–Crippen LogP) is 5.04. The lowest BCUT2D eigenvalue weighted by molar-refractivity contribution is -0.149. The molecule has 2 aromatic heterocycles. The number of aryl methyl sites for hydroxylation is 1. The van der Waals surface area contributed by atoms with Crippen LogP contribution in [0.15, 0.2) is 17.8 Å². The third-order valence-electron chi connectivity index (χ3n) is 10.5. The summed E-state index contributed by atoms with van der Waals surface area (Å²) in [4.78, 5) is 80.7. The average molecular weight is 810 g/mol. The first-order valence-corrected chi connectivity index (χ1v) is 20.0. The number of nitrogens with zero attached hydrogens (tertiary/aromatic N) is 5. The van der Waals surface area contributed by atoms with Crippen molar-refractivity contribution in [2.24, 2.45) is 17.8 Å². The van der Waals surface area contributed by atoms with E-state index in [-0.39, 0.29) is 61.0 Å². The second-order valence-corrected chi connectivity index (χ2v) is 16.4. The Balaban J connectivity index is 1.48. The molecule has 6 atom stereocenters. The number of carbonyl (C=O) groups is 5. The molecule has 0 bridgehead atoms. The van der Waals surface area contributed by atoms with Gasteiger partial charge in [-0.2, -0.15) is 13.2 Å². The van der Waals surface area contributed by atoms with Crippen LogP contribution in [-0.4, -0.2) is 104 Å². The van der Waals surface area contributed by atoms with Gasteiger partial charge in [-0.1, -0.05) is 40.0 Å². The number of amides is 3. The summed E-state index contributed by atoms with van der Waals surface area (Å²) in [7, 11) is 3.61. The Kier molecular flexibility index (Phi) is 15.7.